The SMILES string of the molecule is Cn1cnnc1CC1CC2CCC(C1)N2. The minimum Gasteiger partial charge on any atom is -0.321 e. The highest BCUT2D eigenvalue weighted by atomic mass is 15.2. The van der Waals surface area contributed by atoms with Crippen molar-refractivity contribution in [3.8, 4) is 0 Å². The third kappa shape index (κ3) is 1.78. The third-order valence-corrected chi connectivity index (χ3v) is 3.85. The Morgan fingerprint density at radius 1 is 1.40 bits per heavy atom. The number of hydrogen-bond acceptors (Lipinski definition) is 3. The minimum atomic E-state index is 0.780. The molecule has 15 heavy (non-hydrogen) atoms. The summed E-state index contributed by atoms with van der Waals surface area (Å²) in [5, 5.41) is 11.8. The van der Waals surface area contributed by atoms with Gasteiger partial charge in [0.1, 0.15) is 12.2 Å². The van der Waals surface area contributed by atoms with E-state index < -0.39 is 0 Å². The molecule has 0 aliphatic carbocycles. The maximum atomic E-state index is 4.17. The van der Waals surface area contributed by atoms with Crippen LogP contribution in [0.3, 0.4) is 0 Å². The molecule has 3 rings (SSSR count). The van der Waals surface area contributed by atoms with Gasteiger partial charge < -0.3 is 9.88 Å². The van der Waals surface area contributed by atoms with Crippen LogP contribution >= 0.6 is 0 Å². The van der Waals surface area contributed by atoms with Crippen LogP contribution in [0, 0.1) is 5.92 Å². The highest BCUT2D eigenvalue weighted by Gasteiger charge is 2.33. The van der Waals surface area contributed by atoms with Gasteiger partial charge in [-0.1, -0.05) is 0 Å². The van der Waals surface area contributed by atoms with Crippen molar-refractivity contribution in [1.29, 1.82) is 0 Å². The minimum absolute atomic E-state index is 0.780. The Kier molecular flexibility index (Phi) is 2.24. The quantitative estimate of drug-likeness (QED) is 0.781. The third-order valence-electron chi connectivity index (χ3n) is 3.85. The van der Waals surface area contributed by atoms with Crippen molar-refractivity contribution in [2.24, 2.45) is 13.0 Å². The standard InChI is InChI=1S/C11H18N4/c1-15-7-12-14-11(15)6-8-4-9-2-3-10(5-8)13-9/h7-10,13H,2-6H2,1H3. The summed E-state index contributed by atoms with van der Waals surface area (Å²) in [6, 6.07) is 1.56. The van der Waals surface area contributed by atoms with E-state index >= 15 is 0 Å². The molecule has 1 aromatic rings. The first kappa shape index (κ1) is 9.33. The van der Waals surface area contributed by atoms with Crippen LogP contribution in [-0.2, 0) is 13.5 Å². The number of rotatable bonds is 2. The average molecular weight is 206 g/mol. The molecular weight excluding hydrogens is 188 g/mol. The molecule has 2 unspecified atom stereocenters. The van der Waals surface area contributed by atoms with Crippen molar-refractivity contribution in [1.82, 2.24) is 20.1 Å². The second-order valence-corrected chi connectivity index (χ2v) is 5.04. The van der Waals surface area contributed by atoms with E-state index in [1.807, 2.05) is 11.6 Å². The molecule has 2 fully saturated rings. The van der Waals surface area contributed by atoms with Gasteiger partial charge in [-0.25, -0.2) is 0 Å². The molecule has 0 aromatic carbocycles. The molecule has 0 spiro atoms. The zero-order chi connectivity index (χ0) is 10.3. The van der Waals surface area contributed by atoms with Crippen molar-refractivity contribution in [2.75, 3.05) is 0 Å². The molecule has 4 heteroatoms. The Morgan fingerprint density at radius 2 is 2.13 bits per heavy atom. The van der Waals surface area contributed by atoms with Crippen LogP contribution in [0.4, 0.5) is 0 Å². The molecule has 2 aliphatic rings. The lowest BCUT2D eigenvalue weighted by Gasteiger charge is -2.28. The second kappa shape index (κ2) is 3.59. The molecule has 2 atom stereocenters. The van der Waals surface area contributed by atoms with E-state index in [2.05, 4.69) is 15.5 Å². The van der Waals surface area contributed by atoms with Crippen molar-refractivity contribution in [3.05, 3.63) is 12.2 Å². The van der Waals surface area contributed by atoms with Gasteiger partial charge in [0, 0.05) is 25.6 Å². The first-order chi connectivity index (χ1) is 7.31. The summed E-state index contributed by atoms with van der Waals surface area (Å²) in [5.41, 5.74) is 0. The number of hydrogen-bond donors (Lipinski definition) is 1. The van der Waals surface area contributed by atoms with E-state index in [-0.39, 0.29) is 0 Å². The number of nitrogens with zero attached hydrogens (tertiary/aromatic N) is 3. The zero-order valence-corrected chi connectivity index (χ0v) is 9.19. The number of nitrogens with one attached hydrogen (secondary N) is 1. The van der Waals surface area contributed by atoms with Crippen LogP contribution in [0.5, 0.6) is 0 Å². The molecule has 3 heterocycles. The molecule has 1 aromatic heterocycles. The number of fused-ring (bicyclic) bond motifs is 2. The Labute approximate surface area is 90.1 Å². The van der Waals surface area contributed by atoms with Crippen molar-refractivity contribution in [3.63, 3.8) is 0 Å². The molecule has 0 amide bonds. The van der Waals surface area contributed by atoms with Crippen LogP contribution in [0.1, 0.15) is 31.5 Å². The molecule has 2 aliphatic heterocycles. The van der Waals surface area contributed by atoms with E-state index in [0.717, 1.165) is 30.2 Å². The van der Waals surface area contributed by atoms with Gasteiger partial charge in [0.15, 0.2) is 0 Å². The summed E-state index contributed by atoms with van der Waals surface area (Å²) in [6.45, 7) is 0. The fraction of sp³-hybridized carbons (Fsp3) is 0.818. The Balaban J connectivity index is 1.67. The average Bonchev–Trinajstić information content (AvgIpc) is 2.75. The van der Waals surface area contributed by atoms with Gasteiger partial charge in [-0.15, -0.1) is 10.2 Å². The fourth-order valence-corrected chi connectivity index (χ4v) is 3.09. The predicted molar refractivity (Wildman–Crippen MR) is 57.4 cm³/mol. The molecular formula is C11H18N4. The first-order valence-corrected chi connectivity index (χ1v) is 5.90. The lowest BCUT2D eigenvalue weighted by molar-refractivity contribution is 0.293. The Bertz CT molecular complexity index is 334. The lowest BCUT2D eigenvalue weighted by atomic mass is 9.89. The molecule has 1 N–H and O–H groups in total. The monoisotopic (exact) mass is 206 g/mol. The highest BCUT2D eigenvalue weighted by Crippen LogP contribution is 2.32. The maximum Gasteiger partial charge on any atom is 0.132 e. The summed E-state index contributed by atoms with van der Waals surface area (Å²) < 4.78 is 2.05. The smallest absolute Gasteiger partial charge is 0.132 e. The van der Waals surface area contributed by atoms with Gasteiger partial charge in [0.25, 0.3) is 0 Å². The van der Waals surface area contributed by atoms with Gasteiger partial charge >= 0.3 is 0 Å². The van der Waals surface area contributed by atoms with Crippen LogP contribution < -0.4 is 5.32 Å². The summed E-state index contributed by atoms with van der Waals surface area (Å²) in [6.07, 6.45) is 8.29. The molecule has 82 valence electrons. The number of aromatic nitrogens is 3. The normalized spacial score (nSPS) is 34.6. The fourth-order valence-electron chi connectivity index (χ4n) is 3.09. The predicted octanol–water partition coefficient (Wildman–Crippen LogP) is 0.888. The van der Waals surface area contributed by atoms with Crippen LogP contribution in [-0.4, -0.2) is 26.8 Å². The second-order valence-electron chi connectivity index (χ2n) is 5.04. The summed E-state index contributed by atoms with van der Waals surface area (Å²) in [7, 11) is 2.03. The van der Waals surface area contributed by atoms with Crippen LogP contribution in [0.25, 0.3) is 0 Å². The number of aryl methyl sites for hydroxylation is 1. The van der Waals surface area contributed by atoms with Crippen LogP contribution in [0.2, 0.25) is 0 Å². The van der Waals surface area contributed by atoms with Gasteiger partial charge in [-0.2, -0.15) is 0 Å². The molecule has 0 radical (unpaired) electrons. The topological polar surface area (TPSA) is 42.7 Å². The molecule has 2 bridgehead atoms. The number of piperidine rings is 1. The largest absolute Gasteiger partial charge is 0.321 e. The summed E-state index contributed by atoms with van der Waals surface area (Å²) in [4.78, 5) is 0. The summed E-state index contributed by atoms with van der Waals surface area (Å²) in [5.74, 6) is 1.95. The van der Waals surface area contributed by atoms with E-state index in [0.29, 0.717) is 0 Å². The molecule has 0 saturated carbocycles. The van der Waals surface area contributed by atoms with E-state index in [9.17, 15) is 0 Å². The Hall–Kier alpha value is -0.900. The highest BCUT2D eigenvalue weighted by molar-refractivity contribution is 4.96. The van der Waals surface area contributed by atoms with Gasteiger partial charge in [-0.05, 0) is 31.6 Å². The van der Waals surface area contributed by atoms with Gasteiger partial charge in [-0.3, -0.25) is 0 Å². The summed E-state index contributed by atoms with van der Waals surface area (Å²) >= 11 is 0. The van der Waals surface area contributed by atoms with E-state index in [4.69, 9.17) is 0 Å². The van der Waals surface area contributed by atoms with E-state index in [1.165, 1.54) is 25.7 Å². The van der Waals surface area contributed by atoms with E-state index in [1.54, 1.807) is 6.33 Å². The molecule has 2 saturated heterocycles. The lowest BCUT2D eigenvalue weighted by Crippen LogP contribution is -2.38. The maximum absolute atomic E-state index is 4.17. The van der Waals surface area contributed by atoms with Crippen molar-refractivity contribution in [2.45, 2.75) is 44.2 Å². The zero-order valence-electron chi connectivity index (χ0n) is 9.19. The van der Waals surface area contributed by atoms with Crippen LogP contribution in [0.15, 0.2) is 6.33 Å². The van der Waals surface area contributed by atoms with Gasteiger partial charge in [0.2, 0.25) is 0 Å². The Morgan fingerprint density at radius 3 is 2.73 bits per heavy atom. The molecule has 4 nitrogen and oxygen atoms in total. The first-order valence-electron chi connectivity index (χ1n) is 5.90. The van der Waals surface area contributed by atoms with Crippen molar-refractivity contribution < 1.29 is 0 Å². The van der Waals surface area contributed by atoms with Gasteiger partial charge in [0.05, 0.1) is 0 Å². The van der Waals surface area contributed by atoms with Crippen molar-refractivity contribution >= 4 is 0 Å².